The van der Waals surface area contributed by atoms with Crippen LogP contribution in [-0.4, -0.2) is 21.0 Å². The summed E-state index contributed by atoms with van der Waals surface area (Å²) in [5, 5.41) is 10.8. The lowest BCUT2D eigenvalue weighted by atomic mass is 10.2. The summed E-state index contributed by atoms with van der Waals surface area (Å²) in [5.41, 5.74) is 0.0440. The van der Waals surface area contributed by atoms with Crippen molar-refractivity contribution in [2.75, 3.05) is 11.3 Å². The van der Waals surface area contributed by atoms with Gasteiger partial charge in [-0.2, -0.15) is 0 Å². The topological polar surface area (TPSA) is 95.5 Å². The fraction of sp³-hybridized carbons (Fsp3) is 0.133. The molecule has 0 aliphatic heterocycles. The first-order valence-electron chi connectivity index (χ1n) is 6.49. The maximum Gasteiger partial charge on any atom is 0.261 e. The summed E-state index contributed by atoms with van der Waals surface area (Å²) in [7, 11) is -3.81. The molecule has 0 atom stereocenters. The first-order chi connectivity index (χ1) is 10.4. The van der Waals surface area contributed by atoms with Gasteiger partial charge < -0.3 is 14.6 Å². The van der Waals surface area contributed by atoms with E-state index in [2.05, 4.69) is 4.72 Å². The van der Waals surface area contributed by atoms with Crippen LogP contribution in [0.5, 0.6) is 5.75 Å². The summed E-state index contributed by atoms with van der Waals surface area (Å²) in [5.74, 6) is -0.803. The number of carbonyl (C=O) groups excluding carboxylic acids is 1. The number of rotatable bonds is 6. The lowest BCUT2D eigenvalue weighted by molar-refractivity contribution is -0.255. The van der Waals surface area contributed by atoms with E-state index in [1.54, 1.807) is 12.1 Å². The van der Waals surface area contributed by atoms with Gasteiger partial charge in [-0.3, -0.25) is 4.72 Å². The van der Waals surface area contributed by atoms with Gasteiger partial charge in [0.1, 0.15) is 5.75 Å². The molecule has 22 heavy (non-hydrogen) atoms. The number of aromatic carboxylic acids is 1. The van der Waals surface area contributed by atoms with Gasteiger partial charge in [-0.15, -0.1) is 0 Å². The van der Waals surface area contributed by atoms with E-state index in [9.17, 15) is 18.3 Å². The van der Waals surface area contributed by atoms with Gasteiger partial charge >= 0.3 is 0 Å². The number of anilines is 1. The number of sulfonamides is 1. The molecule has 0 aliphatic carbocycles. The number of hydrogen-bond acceptors (Lipinski definition) is 5. The first kappa shape index (κ1) is 15.8. The van der Waals surface area contributed by atoms with Gasteiger partial charge in [0, 0.05) is 5.69 Å². The first-order valence-corrected chi connectivity index (χ1v) is 7.98. The SMILES string of the molecule is CCOc1ccc(S(=O)(=O)Nc2cccc(C(=O)[O-])c2)cc1. The van der Waals surface area contributed by atoms with E-state index in [1.165, 1.54) is 36.4 Å². The second kappa shape index (κ2) is 6.48. The van der Waals surface area contributed by atoms with Crippen LogP contribution in [0, 0.1) is 0 Å². The van der Waals surface area contributed by atoms with E-state index in [1.807, 2.05) is 6.92 Å². The highest BCUT2D eigenvalue weighted by molar-refractivity contribution is 7.92. The monoisotopic (exact) mass is 320 g/mol. The molecule has 116 valence electrons. The van der Waals surface area contributed by atoms with Crippen LogP contribution in [0.2, 0.25) is 0 Å². The van der Waals surface area contributed by atoms with Crippen molar-refractivity contribution in [3.05, 3.63) is 54.1 Å². The quantitative estimate of drug-likeness (QED) is 0.864. The summed E-state index contributed by atoms with van der Waals surface area (Å²) in [6, 6.07) is 11.3. The Morgan fingerprint density at radius 2 is 1.86 bits per heavy atom. The lowest BCUT2D eigenvalue weighted by Gasteiger charge is -2.10. The lowest BCUT2D eigenvalue weighted by Crippen LogP contribution is -2.22. The Labute approximate surface area is 128 Å². The average Bonchev–Trinajstić information content (AvgIpc) is 2.48. The van der Waals surface area contributed by atoms with Gasteiger partial charge in [-0.25, -0.2) is 8.42 Å². The fourth-order valence-electron chi connectivity index (χ4n) is 1.81. The smallest absolute Gasteiger partial charge is 0.261 e. The summed E-state index contributed by atoms with van der Waals surface area (Å²) >= 11 is 0. The minimum atomic E-state index is -3.81. The number of benzene rings is 2. The van der Waals surface area contributed by atoms with E-state index in [0.717, 1.165) is 0 Å². The van der Waals surface area contributed by atoms with Crippen molar-refractivity contribution in [2.24, 2.45) is 0 Å². The second-order valence-electron chi connectivity index (χ2n) is 4.38. The average molecular weight is 320 g/mol. The Hall–Kier alpha value is -2.54. The van der Waals surface area contributed by atoms with Crippen molar-refractivity contribution in [3.63, 3.8) is 0 Å². The Morgan fingerprint density at radius 3 is 2.45 bits per heavy atom. The molecule has 0 amide bonds. The molecule has 6 nitrogen and oxygen atoms in total. The van der Waals surface area contributed by atoms with Gasteiger partial charge in [-0.1, -0.05) is 12.1 Å². The fourth-order valence-corrected chi connectivity index (χ4v) is 2.85. The van der Waals surface area contributed by atoms with Crippen LogP contribution in [0.25, 0.3) is 0 Å². The van der Waals surface area contributed by atoms with E-state index >= 15 is 0 Å². The molecule has 0 unspecified atom stereocenters. The van der Waals surface area contributed by atoms with Crippen molar-refractivity contribution in [1.29, 1.82) is 0 Å². The Balaban J connectivity index is 2.23. The van der Waals surface area contributed by atoms with Gasteiger partial charge in [-0.05, 0) is 48.9 Å². The molecular weight excluding hydrogens is 306 g/mol. The maximum absolute atomic E-state index is 12.2. The standard InChI is InChI=1S/C15H15NO5S/c1-2-21-13-6-8-14(9-7-13)22(19,20)16-12-5-3-4-11(10-12)15(17)18/h3-10,16H,2H2,1H3,(H,17,18)/p-1. The van der Waals surface area contributed by atoms with Gasteiger partial charge in [0.2, 0.25) is 0 Å². The highest BCUT2D eigenvalue weighted by atomic mass is 32.2. The Bertz CT molecular complexity index is 769. The van der Waals surface area contributed by atoms with Gasteiger partial charge in [0.05, 0.1) is 17.5 Å². The molecule has 2 aromatic carbocycles. The van der Waals surface area contributed by atoms with E-state index < -0.39 is 16.0 Å². The summed E-state index contributed by atoms with van der Waals surface area (Å²) in [6.07, 6.45) is 0. The number of nitrogens with one attached hydrogen (secondary N) is 1. The van der Waals surface area contributed by atoms with Crippen LogP contribution < -0.4 is 14.6 Å². The summed E-state index contributed by atoms with van der Waals surface area (Å²) in [4.78, 5) is 10.8. The Morgan fingerprint density at radius 1 is 1.18 bits per heavy atom. The molecule has 0 bridgehead atoms. The van der Waals surface area contributed by atoms with Gasteiger partial charge in [0.15, 0.2) is 0 Å². The molecule has 0 saturated carbocycles. The molecule has 0 aromatic heterocycles. The van der Waals surface area contributed by atoms with Crippen molar-refractivity contribution in [3.8, 4) is 5.75 Å². The van der Waals surface area contributed by atoms with Crippen LogP contribution in [0.15, 0.2) is 53.4 Å². The van der Waals surface area contributed by atoms with Crippen LogP contribution in [0.3, 0.4) is 0 Å². The predicted molar refractivity (Wildman–Crippen MR) is 79.2 cm³/mol. The van der Waals surface area contributed by atoms with E-state index in [-0.39, 0.29) is 16.1 Å². The minimum Gasteiger partial charge on any atom is -0.545 e. The van der Waals surface area contributed by atoms with Crippen molar-refractivity contribution < 1.29 is 23.1 Å². The maximum atomic E-state index is 12.2. The van der Waals surface area contributed by atoms with Crippen LogP contribution in [0.1, 0.15) is 17.3 Å². The molecule has 0 spiro atoms. The van der Waals surface area contributed by atoms with Crippen molar-refractivity contribution in [2.45, 2.75) is 11.8 Å². The molecule has 0 fully saturated rings. The molecule has 0 radical (unpaired) electrons. The molecular formula is C15H14NO5S-. The minimum absolute atomic E-state index is 0.0507. The molecule has 2 rings (SSSR count). The molecule has 2 aromatic rings. The highest BCUT2D eigenvalue weighted by Crippen LogP contribution is 2.20. The number of carbonyl (C=O) groups is 1. The molecule has 7 heteroatoms. The van der Waals surface area contributed by atoms with E-state index in [0.29, 0.717) is 12.4 Å². The molecule has 0 aliphatic rings. The van der Waals surface area contributed by atoms with Crippen LogP contribution in [-0.2, 0) is 10.0 Å². The van der Waals surface area contributed by atoms with Crippen LogP contribution >= 0.6 is 0 Å². The molecule has 1 N–H and O–H groups in total. The zero-order chi connectivity index (χ0) is 16.2. The number of carboxylic acids is 1. The summed E-state index contributed by atoms with van der Waals surface area (Å²) < 4.78 is 32.0. The third-order valence-electron chi connectivity index (χ3n) is 2.80. The second-order valence-corrected chi connectivity index (χ2v) is 6.06. The zero-order valence-corrected chi connectivity index (χ0v) is 12.6. The number of carboxylic acid groups (broad SMARTS) is 1. The zero-order valence-electron chi connectivity index (χ0n) is 11.8. The third kappa shape index (κ3) is 3.76. The molecule has 0 saturated heterocycles. The van der Waals surface area contributed by atoms with E-state index in [4.69, 9.17) is 4.74 Å². The van der Waals surface area contributed by atoms with Crippen molar-refractivity contribution >= 4 is 21.7 Å². The Kier molecular flexibility index (Phi) is 4.67. The normalized spacial score (nSPS) is 11.0. The predicted octanol–water partition coefficient (Wildman–Crippen LogP) is 1.25. The summed E-state index contributed by atoms with van der Waals surface area (Å²) in [6.45, 7) is 2.32. The largest absolute Gasteiger partial charge is 0.545 e. The van der Waals surface area contributed by atoms with Crippen LogP contribution in [0.4, 0.5) is 5.69 Å². The third-order valence-corrected chi connectivity index (χ3v) is 4.19. The molecule has 0 heterocycles. The highest BCUT2D eigenvalue weighted by Gasteiger charge is 2.14. The van der Waals surface area contributed by atoms with Gasteiger partial charge in [0.25, 0.3) is 10.0 Å². The number of ether oxygens (including phenoxy) is 1. The number of hydrogen-bond donors (Lipinski definition) is 1. The van der Waals surface area contributed by atoms with Crippen molar-refractivity contribution in [1.82, 2.24) is 0 Å².